The van der Waals surface area contributed by atoms with E-state index in [4.69, 9.17) is 5.11 Å². The van der Waals surface area contributed by atoms with E-state index in [1.807, 2.05) is 6.07 Å². The van der Waals surface area contributed by atoms with Gasteiger partial charge in [-0.1, -0.05) is 18.2 Å². The molecular weight excluding hydrogens is 260 g/mol. The van der Waals surface area contributed by atoms with Gasteiger partial charge in [0.25, 0.3) is 0 Å². The lowest BCUT2D eigenvalue weighted by molar-refractivity contribution is -0.136. The second kappa shape index (κ2) is 7.93. The lowest BCUT2D eigenvalue weighted by Gasteiger charge is -2.22. The Morgan fingerprint density at radius 2 is 1.80 bits per heavy atom. The van der Waals surface area contributed by atoms with Crippen LogP contribution in [0.3, 0.4) is 0 Å². The van der Waals surface area contributed by atoms with E-state index in [0.29, 0.717) is 5.69 Å². The number of carbonyl (C=O) groups is 3. The van der Waals surface area contributed by atoms with Crippen LogP contribution in [-0.4, -0.2) is 36.0 Å². The van der Waals surface area contributed by atoms with Gasteiger partial charge in [-0.15, -0.1) is 0 Å². The number of benzene rings is 1. The van der Waals surface area contributed by atoms with Gasteiger partial charge in [0, 0.05) is 32.1 Å². The average Bonchev–Trinajstić information content (AvgIpc) is 2.39. The minimum atomic E-state index is -0.958. The number of amides is 2. The van der Waals surface area contributed by atoms with E-state index in [1.54, 1.807) is 24.3 Å². The maximum Gasteiger partial charge on any atom is 0.305 e. The lowest BCUT2D eigenvalue weighted by atomic mass is 10.2. The number of nitrogens with zero attached hydrogens (tertiary/aromatic N) is 1. The Morgan fingerprint density at radius 1 is 1.15 bits per heavy atom. The van der Waals surface area contributed by atoms with Gasteiger partial charge in [-0.25, -0.2) is 0 Å². The predicted octanol–water partition coefficient (Wildman–Crippen LogP) is 1.02. The number of hydrogen-bond donors (Lipinski definition) is 2. The molecule has 0 radical (unpaired) electrons. The molecule has 1 rings (SSSR count). The summed E-state index contributed by atoms with van der Waals surface area (Å²) in [5.74, 6) is -1.37. The molecule has 108 valence electrons. The van der Waals surface area contributed by atoms with Gasteiger partial charge in [-0.2, -0.15) is 0 Å². The van der Waals surface area contributed by atoms with Gasteiger partial charge >= 0.3 is 5.97 Å². The fourth-order valence-corrected chi connectivity index (χ4v) is 1.69. The van der Waals surface area contributed by atoms with E-state index < -0.39 is 5.97 Å². The van der Waals surface area contributed by atoms with E-state index in [2.05, 4.69) is 5.32 Å². The lowest BCUT2D eigenvalue weighted by Crippen LogP contribution is -2.35. The highest BCUT2D eigenvalue weighted by atomic mass is 16.4. The Kier molecular flexibility index (Phi) is 6.22. The second-order valence-electron chi connectivity index (χ2n) is 4.26. The van der Waals surface area contributed by atoms with Crippen LogP contribution in [0.4, 0.5) is 5.69 Å². The van der Waals surface area contributed by atoms with Crippen LogP contribution in [0.2, 0.25) is 0 Å². The molecule has 0 aliphatic heterocycles. The summed E-state index contributed by atoms with van der Waals surface area (Å²) in [6, 6.07) is 8.88. The van der Waals surface area contributed by atoms with Crippen molar-refractivity contribution >= 4 is 23.5 Å². The summed E-state index contributed by atoms with van der Waals surface area (Å²) in [5, 5.41) is 11.3. The molecule has 0 saturated carbocycles. The molecule has 0 heterocycles. The van der Waals surface area contributed by atoms with Gasteiger partial charge in [-0.3, -0.25) is 14.4 Å². The first kappa shape index (κ1) is 15.7. The van der Waals surface area contributed by atoms with E-state index >= 15 is 0 Å². The molecule has 6 heteroatoms. The minimum absolute atomic E-state index is 0.109. The van der Waals surface area contributed by atoms with E-state index in [1.165, 1.54) is 11.8 Å². The maximum atomic E-state index is 12.1. The van der Waals surface area contributed by atoms with Gasteiger partial charge in [0.2, 0.25) is 11.8 Å². The van der Waals surface area contributed by atoms with Crippen LogP contribution in [0.5, 0.6) is 0 Å². The molecular formula is C14H18N2O4. The van der Waals surface area contributed by atoms with Crippen molar-refractivity contribution in [3.05, 3.63) is 30.3 Å². The molecule has 0 bridgehead atoms. The normalized spacial score (nSPS) is 9.85. The number of carboxylic acid groups (broad SMARTS) is 1. The van der Waals surface area contributed by atoms with Crippen LogP contribution >= 0.6 is 0 Å². The number of hydrogen-bond acceptors (Lipinski definition) is 3. The number of nitrogens with one attached hydrogen (secondary N) is 1. The molecule has 0 atom stereocenters. The highest BCUT2D eigenvalue weighted by Gasteiger charge is 2.16. The first-order valence-corrected chi connectivity index (χ1v) is 6.32. The third-order valence-electron chi connectivity index (χ3n) is 2.63. The summed E-state index contributed by atoms with van der Waals surface area (Å²) >= 11 is 0. The topological polar surface area (TPSA) is 86.7 Å². The van der Waals surface area contributed by atoms with Gasteiger partial charge < -0.3 is 15.3 Å². The molecule has 0 spiro atoms. The van der Waals surface area contributed by atoms with Crippen LogP contribution in [0, 0.1) is 0 Å². The summed E-state index contributed by atoms with van der Waals surface area (Å²) in [7, 11) is 0. The predicted molar refractivity (Wildman–Crippen MR) is 74.3 cm³/mol. The summed E-state index contributed by atoms with van der Waals surface area (Å²) in [5.41, 5.74) is 0.654. The van der Waals surface area contributed by atoms with Crippen molar-refractivity contribution in [3.63, 3.8) is 0 Å². The summed E-state index contributed by atoms with van der Waals surface area (Å²) in [6.07, 6.45) is 0.00879. The molecule has 0 aliphatic carbocycles. The number of anilines is 1. The van der Waals surface area contributed by atoms with Crippen molar-refractivity contribution in [2.45, 2.75) is 19.8 Å². The highest BCUT2D eigenvalue weighted by Crippen LogP contribution is 2.14. The molecule has 2 N–H and O–H groups in total. The SMILES string of the molecule is CC(=O)NCCC(=O)N(CCC(=O)O)c1ccccc1. The van der Waals surface area contributed by atoms with Crippen molar-refractivity contribution in [1.29, 1.82) is 0 Å². The highest BCUT2D eigenvalue weighted by molar-refractivity contribution is 5.94. The molecule has 20 heavy (non-hydrogen) atoms. The third-order valence-corrected chi connectivity index (χ3v) is 2.63. The fraction of sp³-hybridized carbons (Fsp3) is 0.357. The van der Waals surface area contributed by atoms with Crippen molar-refractivity contribution in [2.24, 2.45) is 0 Å². The zero-order valence-electron chi connectivity index (χ0n) is 11.3. The van der Waals surface area contributed by atoms with Crippen LogP contribution in [-0.2, 0) is 14.4 Å². The van der Waals surface area contributed by atoms with Gasteiger partial charge in [0.15, 0.2) is 0 Å². The number of aliphatic carboxylic acids is 1. The van der Waals surface area contributed by atoms with Gasteiger partial charge in [0.1, 0.15) is 0 Å². The Bertz CT molecular complexity index is 473. The standard InChI is InChI=1S/C14H18N2O4/c1-11(17)15-9-7-13(18)16(10-8-14(19)20)12-5-3-2-4-6-12/h2-6H,7-10H2,1H3,(H,15,17)(H,19,20). The quantitative estimate of drug-likeness (QED) is 0.779. The summed E-state index contributed by atoms with van der Waals surface area (Å²) in [4.78, 5) is 35.0. The van der Waals surface area contributed by atoms with Crippen molar-refractivity contribution < 1.29 is 19.5 Å². The van der Waals surface area contributed by atoms with Gasteiger partial charge in [-0.05, 0) is 12.1 Å². The first-order chi connectivity index (χ1) is 9.50. The van der Waals surface area contributed by atoms with Gasteiger partial charge in [0.05, 0.1) is 6.42 Å². The molecule has 0 aliphatic rings. The van der Waals surface area contributed by atoms with Crippen molar-refractivity contribution in [2.75, 3.05) is 18.0 Å². The zero-order valence-corrected chi connectivity index (χ0v) is 11.3. The van der Waals surface area contributed by atoms with E-state index in [9.17, 15) is 14.4 Å². The number of carbonyl (C=O) groups excluding carboxylic acids is 2. The molecule has 2 amide bonds. The maximum absolute atomic E-state index is 12.1. The Hall–Kier alpha value is -2.37. The third kappa shape index (κ3) is 5.51. The monoisotopic (exact) mass is 278 g/mol. The summed E-state index contributed by atoms with van der Waals surface area (Å²) < 4.78 is 0. The molecule has 0 unspecified atom stereocenters. The summed E-state index contributed by atoms with van der Waals surface area (Å²) in [6.45, 7) is 1.73. The molecule has 1 aromatic rings. The zero-order chi connectivity index (χ0) is 15.0. The number of rotatable bonds is 7. The van der Waals surface area contributed by atoms with Crippen molar-refractivity contribution in [3.8, 4) is 0 Å². The molecule has 0 saturated heterocycles. The van der Waals surface area contributed by atoms with Crippen LogP contribution in [0.25, 0.3) is 0 Å². The van der Waals surface area contributed by atoms with E-state index in [-0.39, 0.29) is 37.7 Å². The Morgan fingerprint density at radius 3 is 2.35 bits per heavy atom. The van der Waals surface area contributed by atoms with E-state index in [0.717, 1.165) is 0 Å². The fourth-order valence-electron chi connectivity index (χ4n) is 1.69. The molecule has 1 aromatic carbocycles. The molecule has 6 nitrogen and oxygen atoms in total. The van der Waals surface area contributed by atoms with Crippen LogP contribution in [0.1, 0.15) is 19.8 Å². The number of carboxylic acids is 1. The van der Waals surface area contributed by atoms with Crippen LogP contribution in [0.15, 0.2) is 30.3 Å². The average molecular weight is 278 g/mol. The number of para-hydroxylation sites is 1. The smallest absolute Gasteiger partial charge is 0.305 e. The minimum Gasteiger partial charge on any atom is -0.481 e. The Labute approximate surface area is 117 Å². The first-order valence-electron chi connectivity index (χ1n) is 6.32. The van der Waals surface area contributed by atoms with Crippen molar-refractivity contribution in [1.82, 2.24) is 5.32 Å². The molecule has 0 fully saturated rings. The molecule has 0 aromatic heterocycles. The largest absolute Gasteiger partial charge is 0.481 e. The van der Waals surface area contributed by atoms with Crippen LogP contribution < -0.4 is 10.2 Å². The Balaban J connectivity index is 2.69. The second-order valence-corrected chi connectivity index (χ2v) is 4.26.